The van der Waals surface area contributed by atoms with Crippen molar-refractivity contribution in [3.63, 3.8) is 0 Å². The van der Waals surface area contributed by atoms with E-state index in [4.69, 9.17) is 4.42 Å². The molecular weight excluding hydrogens is 228 g/mol. The average molecular weight is 242 g/mol. The third kappa shape index (κ3) is 1.55. The summed E-state index contributed by atoms with van der Waals surface area (Å²) >= 11 is 0. The first-order valence-electron chi connectivity index (χ1n) is 5.76. The van der Waals surface area contributed by atoms with Crippen LogP contribution in [0.5, 0.6) is 0 Å². The molecule has 0 bridgehead atoms. The SMILES string of the molecule is CNc1nc(-c2ccc3c(c2)nc(C)n3C)co1. The van der Waals surface area contributed by atoms with Crippen LogP contribution in [0, 0.1) is 6.92 Å². The van der Waals surface area contributed by atoms with E-state index in [0.717, 1.165) is 28.1 Å². The van der Waals surface area contributed by atoms with Crippen LogP contribution in [-0.2, 0) is 7.05 Å². The number of fused-ring (bicyclic) bond motifs is 1. The van der Waals surface area contributed by atoms with Crippen LogP contribution in [0.2, 0.25) is 0 Å². The first-order chi connectivity index (χ1) is 8.69. The summed E-state index contributed by atoms with van der Waals surface area (Å²) in [6, 6.07) is 6.63. The number of aryl methyl sites for hydroxylation is 2. The van der Waals surface area contributed by atoms with Crippen molar-refractivity contribution in [1.29, 1.82) is 0 Å². The van der Waals surface area contributed by atoms with Gasteiger partial charge in [0.2, 0.25) is 0 Å². The third-order valence-electron chi connectivity index (χ3n) is 3.12. The molecule has 0 amide bonds. The van der Waals surface area contributed by atoms with Crippen LogP contribution in [0.1, 0.15) is 5.82 Å². The lowest BCUT2D eigenvalue weighted by atomic mass is 10.1. The first-order valence-corrected chi connectivity index (χ1v) is 5.76. The molecule has 5 heteroatoms. The van der Waals surface area contributed by atoms with Crippen molar-refractivity contribution in [1.82, 2.24) is 14.5 Å². The van der Waals surface area contributed by atoms with Gasteiger partial charge in [-0.1, -0.05) is 6.07 Å². The van der Waals surface area contributed by atoms with Crippen LogP contribution in [0.25, 0.3) is 22.3 Å². The highest BCUT2D eigenvalue weighted by molar-refractivity contribution is 5.81. The molecule has 1 aromatic carbocycles. The summed E-state index contributed by atoms with van der Waals surface area (Å²) in [6.07, 6.45) is 1.64. The summed E-state index contributed by atoms with van der Waals surface area (Å²) in [6.45, 7) is 1.99. The summed E-state index contributed by atoms with van der Waals surface area (Å²) in [5, 5.41) is 2.87. The maximum atomic E-state index is 5.26. The number of nitrogens with zero attached hydrogens (tertiary/aromatic N) is 3. The summed E-state index contributed by atoms with van der Waals surface area (Å²) in [4.78, 5) is 8.84. The van der Waals surface area contributed by atoms with Gasteiger partial charge in [0.05, 0.1) is 11.0 Å². The predicted octanol–water partition coefficient (Wildman–Crippen LogP) is 2.58. The molecule has 0 atom stereocenters. The van der Waals surface area contributed by atoms with Crippen molar-refractivity contribution in [3.8, 4) is 11.3 Å². The number of benzene rings is 1. The Balaban J connectivity index is 2.13. The molecule has 5 nitrogen and oxygen atoms in total. The minimum absolute atomic E-state index is 0.516. The van der Waals surface area contributed by atoms with Crippen LogP contribution in [-0.4, -0.2) is 21.6 Å². The highest BCUT2D eigenvalue weighted by Gasteiger charge is 2.09. The summed E-state index contributed by atoms with van der Waals surface area (Å²) in [7, 11) is 3.79. The molecule has 2 heterocycles. The number of anilines is 1. The lowest BCUT2D eigenvalue weighted by Crippen LogP contribution is -1.89. The Labute approximate surface area is 104 Å². The van der Waals surface area contributed by atoms with E-state index < -0.39 is 0 Å². The van der Waals surface area contributed by atoms with Crippen molar-refractivity contribution in [2.45, 2.75) is 6.92 Å². The van der Waals surface area contributed by atoms with Gasteiger partial charge in [-0.05, 0) is 19.1 Å². The van der Waals surface area contributed by atoms with Gasteiger partial charge in [0.25, 0.3) is 6.01 Å². The Morgan fingerprint density at radius 1 is 1.28 bits per heavy atom. The second-order valence-electron chi connectivity index (χ2n) is 4.21. The van der Waals surface area contributed by atoms with Crippen molar-refractivity contribution in [3.05, 3.63) is 30.3 Å². The standard InChI is InChI=1S/C13H14N4O/c1-8-15-10-6-9(4-5-12(10)17(8)3)11-7-18-13(14-2)16-11/h4-7H,1-3H3,(H,14,16). The van der Waals surface area contributed by atoms with Gasteiger partial charge in [0, 0.05) is 19.7 Å². The minimum Gasteiger partial charge on any atom is -0.432 e. The lowest BCUT2D eigenvalue weighted by Gasteiger charge is -1.98. The maximum absolute atomic E-state index is 5.26. The first kappa shape index (κ1) is 10.8. The molecule has 92 valence electrons. The zero-order valence-corrected chi connectivity index (χ0v) is 10.6. The van der Waals surface area contributed by atoms with E-state index in [0.29, 0.717) is 6.01 Å². The normalized spacial score (nSPS) is 11.1. The van der Waals surface area contributed by atoms with Gasteiger partial charge in [0.1, 0.15) is 17.8 Å². The van der Waals surface area contributed by atoms with Gasteiger partial charge in [-0.25, -0.2) is 4.98 Å². The molecule has 1 N–H and O–H groups in total. The van der Waals surface area contributed by atoms with Crippen LogP contribution >= 0.6 is 0 Å². The fourth-order valence-corrected chi connectivity index (χ4v) is 2.00. The van der Waals surface area contributed by atoms with Gasteiger partial charge in [-0.2, -0.15) is 4.98 Å². The number of hydrogen-bond acceptors (Lipinski definition) is 4. The number of oxazole rings is 1. The average Bonchev–Trinajstić information content (AvgIpc) is 2.95. The fourth-order valence-electron chi connectivity index (χ4n) is 2.00. The van der Waals surface area contributed by atoms with Crippen molar-refractivity contribution in [2.24, 2.45) is 7.05 Å². The number of hydrogen-bond donors (Lipinski definition) is 1. The smallest absolute Gasteiger partial charge is 0.294 e. The highest BCUT2D eigenvalue weighted by atomic mass is 16.4. The van der Waals surface area contributed by atoms with E-state index >= 15 is 0 Å². The second-order valence-corrected chi connectivity index (χ2v) is 4.21. The summed E-state index contributed by atoms with van der Waals surface area (Å²) in [5.41, 5.74) is 3.91. The van der Waals surface area contributed by atoms with E-state index in [1.807, 2.05) is 26.1 Å². The Kier molecular flexibility index (Phi) is 2.33. The van der Waals surface area contributed by atoms with Crippen LogP contribution in [0.4, 0.5) is 6.01 Å². The van der Waals surface area contributed by atoms with Crippen LogP contribution in [0.15, 0.2) is 28.9 Å². The molecule has 0 saturated carbocycles. The predicted molar refractivity (Wildman–Crippen MR) is 70.5 cm³/mol. The maximum Gasteiger partial charge on any atom is 0.294 e. The number of nitrogens with one attached hydrogen (secondary N) is 1. The topological polar surface area (TPSA) is 55.9 Å². The molecule has 0 aliphatic heterocycles. The van der Waals surface area contributed by atoms with Gasteiger partial charge >= 0.3 is 0 Å². The molecule has 0 radical (unpaired) electrons. The highest BCUT2D eigenvalue weighted by Crippen LogP contribution is 2.24. The zero-order valence-electron chi connectivity index (χ0n) is 10.6. The summed E-state index contributed by atoms with van der Waals surface area (Å²) < 4.78 is 7.33. The lowest BCUT2D eigenvalue weighted by molar-refractivity contribution is 0.576. The fraction of sp³-hybridized carbons (Fsp3) is 0.231. The Bertz CT molecular complexity index is 711. The van der Waals surface area contributed by atoms with E-state index in [-0.39, 0.29) is 0 Å². The van der Waals surface area contributed by atoms with E-state index in [1.165, 1.54) is 0 Å². The number of rotatable bonds is 2. The largest absolute Gasteiger partial charge is 0.432 e. The van der Waals surface area contributed by atoms with Gasteiger partial charge in [0.15, 0.2) is 0 Å². The molecule has 0 aliphatic rings. The van der Waals surface area contributed by atoms with Crippen molar-refractivity contribution >= 4 is 17.0 Å². The molecule has 0 aliphatic carbocycles. The Hall–Kier alpha value is -2.30. The molecule has 0 unspecified atom stereocenters. The number of imidazole rings is 1. The van der Waals surface area contributed by atoms with Crippen molar-refractivity contribution in [2.75, 3.05) is 12.4 Å². The molecule has 2 aromatic heterocycles. The molecule has 0 spiro atoms. The molecule has 3 aromatic rings. The van der Waals surface area contributed by atoms with E-state index in [2.05, 4.69) is 25.9 Å². The van der Waals surface area contributed by atoms with Crippen molar-refractivity contribution < 1.29 is 4.42 Å². The quantitative estimate of drug-likeness (QED) is 0.750. The van der Waals surface area contributed by atoms with Crippen LogP contribution < -0.4 is 5.32 Å². The van der Waals surface area contributed by atoms with E-state index in [1.54, 1.807) is 13.3 Å². The second kappa shape index (κ2) is 3.87. The molecule has 0 saturated heterocycles. The monoisotopic (exact) mass is 242 g/mol. The van der Waals surface area contributed by atoms with Gasteiger partial charge in [-0.15, -0.1) is 0 Å². The molecular formula is C13H14N4O. The Morgan fingerprint density at radius 3 is 2.83 bits per heavy atom. The molecule has 18 heavy (non-hydrogen) atoms. The molecule has 3 rings (SSSR count). The van der Waals surface area contributed by atoms with Gasteiger partial charge < -0.3 is 14.3 Å². The van der Waals surface area contributed by atoms with E-state index in [9.17, 15) is 0 Å². The third-order valence-corrected chi connectivity index (χ3v) is 3.12. The van der Waals surface area contributed by atoms with Gasteiger partial charge in [-0.3, -0.25) is 0 Å². The van der Waals surface area contributed by atoms with Crippen LogP contribution in [0.3, 0.4) is 0 Å². The number of aromatic nitrogens is 3. The zero-order chi connectivity index (χ0) is 12.7. The summed E-state index contributed by atoms with van der Waals surface area (Å²) in [5.74, 6) is 0.998. The Morgan fingerprint density at radius 2 is 2.11 bits per heavy atom. The minimum atomic E-state index is 0.516. The molecule has 0 fully saturated rings.